The molecule has 4 rings (SSSR count). The molecule has 0 radical (unpaired) electrons. The van der Waals surface area contributed by atoms with Gasteiger partial charge in [-0.15, -0.1) is 5.10 Å². The molecule has 0 saturated heterocycles. The van der Waals surface area contributed by atoms with Crippen molar-refractivity contribution in [1.82, 2.24) is 15.0 Å². The molecule has 0 amide bonds. The molecule has 162 valence electrons. The highest BCUT2D eigenvalue weighted by atomic mass is 32.2. The van der Waals surface area contributed by atoms with Gasteiger partial charge in [0, 0.05) is 5.56 Å². The summed E-state index contributed by atoms with van der Waals surface area (Å²) in [4.78, 5) is 11.2. The Morgan fingerprint density at radius 3 is 2.22 bits per heavy atom. The molecule has 4 aromatic rings. The van der Waals surface area contributed by atoms with Crippen molar-refractivity contribution in [2.24, 2.45) is 0 Å². The van der Waals surface area contributed by atoms with Crippen molar-refractivity contribution in [1.29, 1.82) is 0 Å². The first-order chi connectivity index (χ1) is 15.4. The first-order valence-corrected chi connectivity index (χ1v) is 11.2. The van der Waals surface area contributed by atoms with E-state index in [9.17, 15) is 13.2 Å². The van der Waals surface area contributed by atoms with Crippen molar-refractivity contribution in [2.45, 2.75) is 16.8 Å². The van der Waals surface area contributed by atoms with E-state index in [1.165, 1.54) is 28.9 Å². The largest absolute Gasteiger partial charge is 0.494 e. The van der Waals surface area contributed by atoms with E-state index >= 15 is 0 Å². The lowest BCUT2D eigenvalue weighted by Crippen LogP contribution is -2.06. The van der Waals surface area contributed by atoms with Gasteiger partial charge in [-0.3, -0.25) is 0 Å². The Morgan fingerprint density at radius 2 is 1.62 bits per heavy atom. The Balaban J connectivity index is 1.86. The van der Waals surface area contributed by atoms with Crippen molar-refractivity contribution in [2.75, 3.05) is 6.61 Å². The van der Waals surface area contributed by atoms with Gasteiger partial charge >= 0.3 is 5.97 Å². The summed E-state index contributed by atoms with van der Waals surface area (Å²) in [5, 5.41) is 17.0. The maximum absolute atomic E-state index is 13.5. The Morgan fingerprint density at radius 1 is 0.969 bits per heavy atom. The summed E-state index contributed by atoms with van der Waals surface area (Å²) < 4.78 is 33.7. The van der Waals surface area contributed by atoms with Crippen LogP contribution in [0, 0.1) is 0 Å². The summed E-state index contributed by atoms with van der Waals surface area (Å²) >= 11 is 0. The molecule has 0 bridgehead atoms. The Bertz CT molecular complexity index is 1350. The van der Waals surface area contributed by atoms with Gasteiger partial charge in [0.2, 0.25) is 14.9 Å². The molecule has 1 N–H and O–H groups in total. The van der Waals surface area contributed by atoms with Crippen LogP contribution in [0.25, 0.3) is 16.9 Å². The van der Waals surface area contributed by atoms with E-state index in [0.717, 1.165) is 0 Å². The fourth-order valence-corrected chi connectivity index (χ4v) is 4.53. The number of sulfone groups is 1. The Labute approximate surface area is 184 Å². The van der Waals surface area contributed by atoms with Gasteiger partial charge in [0.25, 0.3) is 0 Å². The summed E-state index contributed by atoms with van der Waals surface area (Å²) in [6, 6.07) is 21.0. The zero-order valence-electron chi connectivity index (χ0n) is 17.0. The topological polar surface area (TPSA) is 111 Å². The van der Waals surface area contributed by atoms with Crippen molar-refractivity contribution in [3.8, 4) is 22.7 Å². The molecule has 9 heteroatoms. The summed E-state index contributed by atoms with van der Waals surface area (Å²) in [5.74, 6) is -0.492. The third-order valence-corrected chi connectivity index (χ3v) is 6.42. The number of nitrogens with zero attached hydrogens (tertiary/aromatic N) is 3. The van der Waals surface area contributed by atoms with Crippen molar-refractivity contribution < 1.29 is 23.1 Å². The van der Waals surface area contributed by atoms with Gasteiger partial charge in [-0.2, -0.15) is 0 Å². The first kappa shape index (κ1) is 21.3. The highest BCUT2D eigenvalue weighted by Gasteiger charge is 2.29. The van der Waals surface area contributed by atoms with Crippen molar-refractivity contribution in [3.63, 3.8) is 0 Å². The second kappa shape index (κ2) is 8.64. The van der Waals surface area contributed by atoms with Crippen LogP contribution in [0.5, 0.6) is 5.75 Å². The Hall–Kier alpha value is -3.98. The van der Waals surface area contributed by atoms with Gasteiger partial charge in [0.15, 0.2) is 0 Å². The van der Waals surface area contributed by atoms with Crippen LogP contribution in [0.1, 0.15) is 17.3 Å². The van der Waals surface area contributed by atoms with E-state index in [4.69, 9.17) is 9.84 Å². The number of rotatable bonds is 7. The number of carboxylic acid groups (broad SMARTS) is 1. The van der Waals surface area contributed by atoms with E-state index in [0.29, 0.717) is 23.6 Å². The summed E-state index contributed by atoms with van der Waals surface area (Å²) in [5.41, 5.74) is 1.47. The molecule has 1 aromatic heterocycles. The highest BCUT2D eigenvalue weighted by molar-refractivity contribution is 7.91. The number of hydrogen-bond acceptors (Lipinski definition) is 6. The van der Waals surface area contributed by atoms with Crippen LogP contribution in [0.4, 0.5) is 0 Å². The van der Waals surface area contributed by atoms with Gasteiger partial charge < -0.3 is 9.84 Å². The molecule has 1 heterocycles. The summed E-state index contributed by atoms with van der Waals surface area (Å²) in [6.07, 6.45) is 0. The smallest absolute Gasteiger partial charge is 0.335 e. The molecule has 0 aliphatic heterocycles. The molecule has 32 heavy (non-hydrogen) atoms. The lowest BCUT2D eigenvalue weighted by molar-refractivity contribution is 0.0697. The van der Waals surface area contributed by atoms with Crippen LogP contribution < -0.4 is 4.74 Å². The first-order valence-electron chi connectivity index (χ1n) is 9.74. The minimum absolute atomic E-state index is 0.0615. The molecule has 0 aliphatic carbocycles. The SMILES string of the molecule is CCOc1ccc(S(=O)(=O)c2nnn(-c3ccc(C(=O)O)cc3)c2-c2ccccc2)cc1. The monoisotopic (exact) mass is 449 g/mol. The maximum Gasteiger partial charge on any atom is 0.335 e. The van der Waals surface area contributed by atoms with E-state index in [1.54, 1.807) is 48.5 Å². The number of carbonyl (C=O) groups is 1. The third kappa shape index (κ3) is 3.97. The van der Waals surface area contributed by atoms with Gasteiger partial charge in [-0.05, 0) is 55.5 Å². The van der Waals surface area contributed by atoms with Crippen LogP contribution in [-0.4, -0.2) is 41.1 Å². The molecular formula is C23H19N3O5S. The number of benzene rings is 3. The molecule has 0 aliphatic rings. The van der Waals surface area contributed by atoms with Crippen LogP contribution >= 0.6 is 0 Å². The number of carboxylic acids is 1. The minimum atomic E-state index is -4.00. The number of hydrogen-bond donors (Lipinski definition) is 1. The fraction of sp³-hybridized carbons (Fsp3) is 0.0870. The predicted octanol–water partition coefficient (Wildman–Crippen LogP) is 3.86. The van der Waals surface area contributed by atoms with Crippen LogP contribution in [0.3, 0.4) is 0 Å². The van der Waals surface area contributed by atoms with Crippen molar-refractivity contribution >= 4 is 15.8 Å². The molecule has 0 unspecified atom stereocenters. The zero-order chi connectivity index (χ0) is 22.7. The molecule has 8 nitrogen and oxygen atoms in total. The fourth-order valence-electron chi connectivity index (χ4n) is 3.21. The standard InChI is InChI=1S/C23H19N3O5S/c1-2-31-19-12-14-20(15-13-19)32(29,30)22-21(16-6-4-3-5-7-16)26(25-24-22)18-10-8-17(9-11-18)23(27)28/h3-15H,2H2,1H3,(H,27,28). The van der Waals surface area contributed by atoms with Crippen LogP contribution in [0.15, 0.2) is 88.8 Å². The average molecular weight is 449 g/mol. The molecule has 0 atom stereocenters. The molecule has 0 spiro atoms. The zero-order valence-corrected chi connectivity index (χ0v) is 17.9. The second-order valence-electron chi connectivity index (χ2n) is 6.78. The quantitative estimate of drug-likeness (QED) is 0.456. The van der Waals surface area contributed by atoms with E-state index in [-0.39, 0.29) is 21.2 Å². The van der Waals surface area contributed by atoms with Gasteiger partial charge in [-0.25, -0.2) is 17.9 Å². The summed E-state index contributed by atoms with van der Waals surface area (Å²) in [7, 11) is -4.00. The van der Waals surface area contributed by atoms with Crippen LogP contribution in [0.2, 0.25) is 0 Å². The number of aromatic nitrogens is 3. The molecule has 0 fully saturated rings. The van der Waals surface area contributed by atoms with Gasteiger partial charge in [0.1, 0.15) is 11.4 Å². The van der Waals surface area contributed by atoms with E-state index in [2.05, 4.69) is 10.3 Å². The molecule has 3 aromatic carbocycles. The average Bonchev–Trinajstić information content (AvgIpc) is 3.26. The lowest BCUT2D eigenvalue weighted by Gasteiger charge is -2.10. The summed E-state index contributed by atoms with van der Waals surface area (Å²) in [6.45, 7) is 2.32. The Kier molecular flexibility index (Phi) is 5.74. The van der Waals surface area contributed by atoms with Crippen molar-refractivity contribution in [3.05, 3.63) is 84.4 Å². The normalized spacial score (nSPS) is 11.3. The van der Waals surface area contributed by atoms with Gasteiger partial charge in [0.05, 0.1) is 22.8 Å². The highest BCUT2D eigenvalue weighted by Crippen LogP contribution is 2.32. The number of ether oxygens (including phenoxy) is 1. The van der Waals surface area contributed by atoms with E-state index in [1.807, 2.05) is 13.0 Å². The maximum atomic E-state index is 13.5. The van der Waals surface area contributed by atoms with Crippen LogP contribution in [-0.2, 0) is 9.84 Å². The predicted molar refractivity (Wildman–Crippen MR) is 117 cm³/mol. The number of aromatic carboxylic acids is 1. The lowest BCUT2D eigenvalue weighted by atomic mass is 10.1. The third-order valence-electron chi connectivity index (χ3n) is 4.75. The molecular weight excluding hydrogens is 430 g/mol. The molecule has 0 saturated carbocycles. The minimum Gasteiger partial charge on any atom is -0.494 e. The second-order valence-corrected chi connectivity index (χ2v) is 8.65. The van der Waals surface area contributed by atoms with E-state index < -0.39 is 15.8 Å². The van der Waals surface area contributed by atoms with Gasteiger partial charge in [-0.1, -0.05) is 35.5 Å².